The molecule has 1 N–H and O–H groups in total. The zero-order valence-electron chi connectivity index (χ0n) is 8.54. The Bertz CT molecular complexity index is 310. The maximum absolute atomic E-state index is 10.7. The van der Waals surface area contributed by atoms with E-state index in [1.807, 2.05) is 19.1 Å². The first kappa shape index (κ1) is 10.7. The number of carbonyl (C=O) groups is 1. The van der Waals surface area contributed by atoms with Gasteiger partial charge < -0.3 is 4.84 Å². The van der Waals surface area contributed by atoms with E-state index in [2.05, 4.69) is 12.4 Å². The van der Waals surface area contributed by atoms with Crippen LogP contribution in [0.4, 0.5) is 0 Å². The minimum Gasteiger partial charge on any atom is -0.408 e. The molecule has 0 amide bonds. The highest BCUT2D eigenvalue weighted by Crippen LogP contribution is 2.18. The van der Waals surface area contributed by atoms with E-state index in [9.17, 15) is 4.79 Å². The molecule has 14 heavy (non-hydrogen) atoms. The summed E-state index contributed by atoms with van der Waals surface area (Å²) in [6, 6.07) is 5.59. The second kappa shape index (κ2) is 5.40. The lowest BCUT2D eigenvalue weighted by molar-refractivity contribution is 0.111. The quantitative estimate of drug-likeness (QED) is 0.574. The molecule has 76 valence electrons. The average molecular weight is 193 g/mol. The summed E-state index contributed by atoms with van der Waals surface area (Å²) < 4.78 is 0. The van der Waals surface area contributed by atoms with Gasteiger partial charge in [-0.05, 0) is 31.0 Å². The molecule has 0 saturated carbocycles. The van der Waals surface area contributed by atoms with Gasteiger partial charge in [0.25, 0.3) is 0 Å². The van der Waals surface area contributed by atoms with Gasteiger partial charge in [0.1, 0.15) is 0 Å². The van der Waals surface area contributed by atoms with E-state index in [1.54, 1.807) is 6.07 Å². The standard InChI is InChI=1S/C11H15NO2/c1-3-9-5-6-10(8-13)11(7-9)14-12-4-2/h5-8,12H,3-4H2,1-2H3. The Morgan fingerprint density at radius 1 is 1.43 bits per heavy atom. The molecule has 0 aliphatic heterocycles. The summed E-state index contributed by atoms with van der Waals surface area (Å²) in [4.78, 5) is 15.9. The van der Waals surface area contributed by atoms with E-state index in [0.29, 0.717) is 17.9 Å². The van der Waals surface area contributed by atoms with E-state index >= 15 is 0 Å². The van der Waals surface area contributed by atoms with E-state index in [0.717, 1.165) is 18.3 Å². The van der Waals surface area contributed by atoms with Crippen molar-refractivity contribution in [1.82, 2.24) is 5.48 Å². The highest BCUT2D eigenvalue weighted by molar-refractivity contribution is 5.79. The molecule has 0 aliphatic rings. The lowest BCUT2D eigenvalue weighted by Gasteiger charge is -2.08. The van der Waals surface area contributed by atoms with Crippen LogP contribution in [0.2, 0.25) is 0 Å². The Kier molecular flexibility index (Phi) is 4.13. The van der Waals surface area contributed by atoms with Gasteiger partial charge >= 0.3 is 0 Å². The maximum Gasteiger partial charge on any atom is 0.157 e. The molecule has 3 heteroatoms. The van der Waals surface area contributed by atoms with E-state index in [1.165, 1.54) is 0 Å². The van der Waals surface area contributed by atoms with Crippen LogP contribution < -0.4 is 10.3 Å². The monoisotopic (exact) mass is 193 g/mol. The second-order valence-corrected chi connectivity index (χ2v) is 2.94. The summed E-state index contributed by atoms with van der Waals surface area (Å²) in [6.07, 6.45) is 1.73. The first-order chi connectivity index (χ1) is 6.81. The lowest BCUT2D eigenvalue weighted by atomic mass is 10.1. The molecule has 0 heterocycles. The molecule has 0 aromatic heterocycles. The van der Waals surface area contributed by atoms with Crippen molar-refractivity contribution >= 4 is 6.29 Å². The van der Waals surface area contributed by atoms with Gasteiger partial charge in [-0.2, -0.15) is 5.48 Å². The van der Waals surface area contributed by atoms with Crippen LogP contribution in [0, 0.1) is 0 Å². The topological polar surface area (TPSA) is 38.3 Å². The zero-order valence-corrected chi connectivity index (χ0v) is 8.54. The Balaban J connectivity index is 2.90. The van der Waals surface area contributed by atoms with Crippen molar-refractivity contribution < 1.29 is 9.63 Å². The second-order valence-electron chi connectivity index (χ2n) is 2.94. The number of rotatable bonds is 5. The lowest BCUT2D eigenvalue weighted by Crippen LogP contribution is -2.18. The Morgan fingerprint density at radius 2 is 2.21 bits per heavy atom. The molecule has 0 aliphatic carbocycles. The molecule has 1 rings (SSSR count). The van der Waals surface area contributed by atoms with Crippen LogP contribution in [0.1, 0.15) is 29.8 Å². The third kappa shape index (κ3) is 2.57. The summed E-state index contributed by atoms with van der Waals surface area (Å²) in [5, 5.41) is 0. The molecule has 1 aromatic rings. The molecular weight excluding hydrogens is 178 g/mol. The first-order valence-electron chi connectivity index (χ1n) is 4.79. The minimum absolute atomic E-state index is 0.572. The SMILES string of the molecule is CCNOc1cc(CC)ccc1C=O. The summed E-state index contributed by atoms with van der Waals surface area (Å²) in [7, 11) is 0. The van der Waals surface area contributed by atoms with Gasteiger partial charge in [-0.15, -0.1) is 0 Å². The Labute approximate surface area is 84.0 Å². The van der Waals surface area contributed by atoms with Crippen molar-refractivity contribution in [3.63, 3.8) is 0 Å². The van der Waals surface area contributed by atoms with Crippen molar-refractivity contribution in [3.8, 4) is 5.75 Å². The number of nitrogens with one attached hydrogen (secondary N) is 1. The number of carbonyl (C=O) groups excluding carboxylic acids is 1. The Morgan fingerprint density at radius 3 is 2.79 bits per heavy atom. The van der Waals surface area contributed by atoms with E-state index in [4.69, 9.17) is 4.84 Å². The van der Waals surface area contributed by atoms with Gasteiger partial charge in [0.15, 0.2) is 12.0 Å². The summed E-state index contributed by atoms with van der Waals surface area (Å²) in [6.45, 7) is 4.70. The molecule has 1 aromatic carbocycles. The predicted octanol–water partition coefficient (Wildman–Crippen LogP) is 1.96. The fraction of sp³-hybridized carbons (Fsp3) is 0.364. The maximum atomic E-state index is 10.7. The largest absolute Gasteiger partial charge is 0.408 e. The van der Waals surface area contributed by atoms with Crippen LogP contribution in [0.15, 0.2) is 18.2 Å². The summed E-state index contributed by atoms with van der Waals surface area (Å²) >= 11 is 0. The smallest absolute Gasteiger partial charge is 0.157 e. The average Bonchev–Trinajstić information content (AvgIpc) is 2.25. The van der Waals surface area contributed by atoms with Crippen LogP contribution in [-0.2, 0) is 6.42 Å². The number of aryl methyl sites for hydroxylation is 1. The van der Waals surface area contributed by atoms with Gasteiger partial charge in [-0.25, -0.2) is 0 Å². The summed E-state index contributed by atoms with van der Waals surface area (Å²) in [5.74, 6) is 0.598. The Hall–Kier alpha value is -1.35. The molecule has 0 bridgehead atoms. The minimum atomic E-state index is 0.572. The third-order valence-electron chi connectivity index (χ3n) is 1.94. The van der Waals surface area contributed by atoms with Crippen molar-refractivity contribution in [2.24, 2.45) is 0 Å². The number of benzene rings is 1. The first-order valence-corrected chi connectivity index (χ1v) is 4.79. The molecule has 0 spiro atoms. The molecule has 0 unspecified atom stereocenters. The fourth-order valence-electron chi connectivity index (χ4n) is 1.13. The third-order valence-corrected chi connectivity index (χ3v) is 1.94. The number of hydrogen-bond acceptors (Lipinski definition) is 3. The molecule has 0 fully saturated rings. The highest BCUT2D eigenvalue weighted by Gasteiger charge is 2.03. The van der Waals surface area contributed by atoms with Gasteiger partial charge in [0.2, 0.25) is 0 Å². The van der Waals surface area contributed by atoms with Crippen LogP contribution in [0.25, 0.3) is 0 Å². The molecule has 0 saturated heterocycles. The highest BCUT2D eigenvalue weighted by atomic mass is 16.6. The summed E-state index contributed by atoms with van der Waals surface area (Å²) in [5.41, 5.74) is 4.46. The molecule has 0 atom stereocenters. The van der Waals surface area contributed by atoms with Crippen molar-refractivity contribution in [3.05, 3.63) is 29.3 Å². The van der Waals surface area contributed by atoms with Crippen LogP contribution >= 0.6 is 0 Å². The number of hydroxylamine groups is 1. The van der Waals surface area contributed by atoms with E-state index in [-0.39, 0.29) is 0 Å². The molecular formula is C11H15NO2. The number of aldehydes is 1. The normalized spacial score (nSPS) is 9.86. The zero-order chi connectivity index (χ0) is 10.4. The molecule has 3 nitrogen and oxygen atoms in total. The van der Waals surface area contributed by atoms with E-state index < -0.39 is 0 Å². The van der Waals surface area contributed by atoms with Crippen LogP contribution in [-0.4, -0.2) is 12.8 Å². The van der Waals surface area contributed by atoms with Gasteiger partial charge in [-0.3, -0.25) is 4.79 Å². The van der Waals surface area contributed by atoms with Gasteiger partial charge in [-0.1, -0.05) is 13.0 Å². The predicted molar refractivity (Wildman–Crippen MR) is 55.5 cm³/mol. The van der Waals surface area contributed by atoms with Crippen molar-refractivity contribution in [2.75, 3.05) is 6.54 Å². The number of hydrogen-bond donors (Lipinski definition) is 1. The van der Waals surface area contributed by atoms with Crippen molar-refractivity contribution in [2.45, 2.75) is 20.3 Å². The van der Waals surface area contributed by atoms with Gasteiger partial charge in [0, 0.05) is 6.54 Å². The van der Waals surface area contributed by atoms with Crippen molar-refractivity contribution in [1.29, 1.82) is 0 Å². The van der Waals surface area contributed by atoms with Gasteiger partial charge in [0.05, 0.1) is 5.56 Å². The fourth-order valence-corrected chi connectivity index (χ4v) is 1.13. The van der Waals surface area contributed by atoms with Crippen LogP contribution in [0.3, 0.4) is 0 Å². The molecule has 0 radical (unpaired) electrons. The van der Waals surface area contributed by atoms with Crippen LogP contribution in [0.5, 0.6) is 5.75 Å².